The van der Waals surface area contributed by atoms with Gasteiger partial charge < -0.3 is 9.80 Å². The van der Waals surface area contributed by atoms with Gasteiger partial charge in [0.1, 0.15) is 4.21 Å². The highest BCUT2D eigenvalue weighted by Gasteiger charge is 2.36. The van der Waals surface area contributed by atoms with Gasteiger partial charge in [0.15, 0.2) is 0 Å². The third-order valence-electron chi connectivity index (χ3n) is 5.43. The molecule has 2 saturated heterocycles. The van der Waals surface area contributed by atoms with Gasteiger partial charge in [0.25, 0.3) is 15.9 Å². The van der Waals surface area contributed by atoms with E-state index in [9.17, 15) is 18.0 Å². The minimum Gasteiger partial charge on any atom is -0.339 e. The largest absolute Gasteiger partial charge is 0.339 e. The molecule has 0 unspecified atom stereocenters. The van der Waals surface area contributed by atoms with Crippen molar-refractivity contribution in [3.63, 3.8) is 0 Å². The highest BCUT2D eigenvalue weighted by atomic mass is 32.2. The lowest BCUT2D eigenvalue weighted by molar-refractivity contribution is -0.138. The van der Waals surface area contributed by atoms with E-state index < -0.39 is 10.0 Å². The van der Waals surface area contributed by atoms with Crippen molar-refractivity contribution in [2.45, 2.75) is 17.1 Å². The number of nitrogens with zero attached hydrogens (tertiary/aromatic N) is 3. The molecule has 0 radical (unpaired) electrons. The summed E-state index contributed by atoms with van der Waals surface area (Å²) in [5.74, 6) is -0.310. The Morgan fingerprint density at radius 2 is 1.62 bits per heavy atom. The lowest BCUT2D eigenvalue weighted by atomic mass is 9.97. The number of carbonyl (C=O) groups excluding carboxylic acids is 2. The zero-order valence-corrected chi connectivity index (χ0v) is 18.3. The van der Waals surface area contributed by atoms with Crippen LogP contribution in [-0.4, -0.2) is 73.6 Å². The highest BCUT2D eigenvalue weighted by molar-refractivity contribution is 7.91. The summed E-state index contributed by atoms with van der Waals surface area (Å²) in [5.41, 5.74) is 0. The van der Waals surface area contributed by atoms with Crippen molar-refractivity contribution in [3.8, 4) is 0 Å². The molecule has 2 fully saturated rings. The SMILES string of the molecule is O=C(c1cccs1)N1CCN(C(=O)[C@@H]2CCCN(S(=O)(=O)c3cccs3)C2)CC1. The molecule has 4 rings (SSSR count). The Morgan fingerprint density at radius 1 is 0.931 bits per heavy atom. The molecule has 2 amide bonds. The number of rotatable bonds is 4. The van der Waals surface area contributed by atoms with Crippen molar-refractivity contribution in [3.05, 3.63) is 39.9 Å². The molecule has 156 valence electrons. The third-order valence-corrected chi connectivity index (χ3v) is 9.53. The zero-order chi connectivity index (χ0) is 20.4. The molecule has 0 aliphatic carbocycles. The van der Waals surface area contributed by atoms with Crippen molar-refractivity contribution in [2.75, 3.05) is 39.3 Å². The molecule has 0 saturated carbocycles. The number of amides is 2. The molecule has 2 aromatic rings. The number of hydrogen-bond acceptors (Lipinski definition) is 6. The van der Waals surface area contributed by atoms with Crippen molar-refractivity contribution >= 4 is 44.5 Å². The summed E-state index contributed by atoms with van der Waals surface area (Å²) in [5, 5.41) is 3.63. The minimum atomic E-state index is -3.53. The summed E-state index contributed by atoms with van der Waals surface area (Å²) in [6, 6.07) is 7.00. The fraction of sp³-hybridized carbons (Fsp3) is 0.474. The predicted molar refractivity (Wildman–Crippen MR) is 113 cm³/mol. The lowest BCUT2D eigenvalue weighted by Crippen LogP contribution is -2.54. The fourth-order valence-corrected chi connectivity index (χ4v) is 7.20. The second kappa shape index (κ2) is 8.55. The van der Waals surface area contributed by atoms with Crippen LogP contribution in [0.5, 0.6) is 0 Å². The van der Waals surface area contributed by atoms with Crippen molar-refractivity contribution < 1.29 is 18.0 Å². The molecule has 2 aromatic heterocycles. The van der Waals surface area contributed by atoms with Crippen LogP contribution in [-0.2, 0) is 14.8 Å². The van der Waals surface area contributed by atoms with E-state index in [1.54, 1.807) is 27.3 Å². The van der Waals surface area contributed by atoms with Gasteiger partial charge in [0.05, 0.1) is 10.8 Å². The van der Waals surface area contributed by atoms with Gasteiger partial charge >= 0.3 is 0 Å². The molecular weight excluding hydrogens is 430 g/mol. The van der Waals surface area contributed by atoms with E-state index in [2.05, 4.69) is 0 Å². The van der Waals surface area contributed by atoms with Crippen LogP contribution in [0, 0.1) is 5.92 Å². The summed E-state index contributed by atoms with van der Waals surface area (Å²) in [7, 11) is -3.53. The summed E-state index contributed by atoms with van der Waals surface area (Å²) in [6.45, 7) is 2.67. The Morgan fingerprint density at radius 3 is 2.28 bits per heavy atom. The summed E-state index contributed by atoms with van der Waals surface area (Å²) < 4.78 is 27.4. The lowest BCUT2D eigenvalue weighted by Gasteiger charge is -2.38. The van der Waals surface area contributed by atoms with Crippen molar-refractivity contribution in [2.24, 2.45) is 5.92 Å². The van der Waals surface area contributed by atoms with Crippen LogP contribution in [0.1, 0.15) is 22.5 Å². The smallest absolute Gasteiger partial charge is 0.264 e. The molecule has 0 N–H and O–H groups in total. The zero-order valence-electron chi connectivity index (χ0n) is 15.9. The number of sulfonamides is 1. The standard InChI is InChI=1S/C19H23N3O4S3/c23-18(20-8-10-21(11-9-20)19(24)16-5-2-12-27-16)15-4-1-7-22(14-15)29(25,26)17-6-3-13-28-17/h2-3,5-6,12-13,15H,1,4,7-11,14H2/t15-/m1/s1. The quantitative estimate of drug-likeness (QED) is 0.711. The van der Waals surface area contributed by atoms with E-state index >= 15 is 0 Å². The molecule has 7 nitrogen and oxygen atoms in total. The van der Waals surface area contributed by atoms with Gasteiger partial charge in [-0.3, -0.25) is 9.59 Å². The molecule has 0 spiro atoms. The summed E-state index contributed by atoms with van der Waals surface area (Å²) in [6.07, 6.45) is 1.38. The van der Waals surface area contributed by atoms with Crippen LogP contribution in [0.2, 0.25) is 0 Å². The predicted octanol–water partition coefficient (Wildman–Crippen LogP) is 2.19. The average molecular weight is 454 g/mol. The number of carbonyl (C=O) groups is 2. The monoisotopic (exact) mass is 453 g/mol. The number of thiophene rings is 2. The minimum absolute atomic E-state index is 0.000646. The van der Waals surface area contributed by atoms with Crippen LogP contribution in [0.25, 0.3) is 0 Å². The molecule has 29 heavy (non-hydrogen) atoms. The van der Waals surface area contributed by atoms with E-state index in [4.69, 9.17) is 0 Å². The van der Waals surface area contributed by atoms with Gasteiger partial charge in [0.2, 0.25) is 5.91 Å². The Bertz CT molecular complexity index is 949. The van der Waals surface area contributed by atoms with Crippen LogP contribution >= 0.6 is 22.7 Å². The van der Waals surface area contributed by atoms with E-state index in [0.717, 1.165) is 0 Å². The Kier molecular flexibility index (Phi) is 6.05. The van der Waals surface area contributed by atoms with E-state index in [1.165, 1.54) is 27.0 Å². The van der Waals surface area contributed by atoms with Gasteiger partial charge in [-0.1, -0.05) is 12.1 Å². The Balaban J connectivity index is 1.36. The van der Waals surface area contributed by atoms with E-state index in [-0.39, 0.29) is 24.3 Å². The van der Waals surface area contributed by atoms with Crippen LogP contribution in [0.15, 0.2) is 39.2 Å². The fourth-order valence-electron chi connectivity index (χ4n) is 3.84. The first kappa shape index (κ1) is 20.5. The summed E-state index contributed by atoms with van der Waals surface area (Å²) in [4.78, 5) is 29.8. The first-order valence-electron chi connectivity index (χ1n) is 9.62. The van der Waals surface area contributed by atoms with Gasteiger partial charge in [-0.2, -0.15) is 4.31 Å². The molecule has 1 atom stereocenters. The van der Waals surface area contributed by atoms with E-state index in [0.29, 0.717) is 54.7 Å². The normalized spacial score (nSPS) is 21.3. The molecular formula is C19H23N3O4S3. The number of piperazine rings is 1. The van der Waals surface area contributed by atoms with Gasteiger partial charge in [-0.15, -0.1) is 22.7 Å². The Hall–Kier alpha value is -1.75. The molecule has 2 aliphatic heterocycles. The third kappa shape index (κ3) is 4.25. The van der Waals surface area contributed by atoms with Crippen LogP contribution < -0.4 is 0 Å². The Labute approximate surface area is 178 Å². The number of piperidine rings is 1. The highest BCUT2D eigenvalue weighted by Crippen LogP contribution is 2.27. The van der Waals surface area contributed by atoms with Gasteiger partial charge in [-0.05, 0) is 35.7 Å². The topological polar surface area (TPSA) is 78.0 Å². The van der Waals surface area contributed by atoms with Gasteiger partial charge in [0, 0.05) is 39.3 Å². The second-order valence-corrected chi connectivity index (χ2v) is 11.3. The average Bonchev–Trinajstić information content (AvgIpc) is 3.47. The molecule has 0 bridgehead atoms. The maximum atomic E-state index is 13.0. The molecule has 2 aliphatic rings. The van der Waals surface area contributed by atoms with E-state index in [1.807, 2.05) is 17.5 Å². The molecule has 0 aromatic carbocycles. The number of hydrogen-bond donors (Lipinski definition) is 0. The first-order chi connectivity index (χ1) is 14.0. The second-order valence-electron chi connectivity index (χ2n) is 7.23. The van der Waals surface area contributed by atoms with Crippen molar-refractivity contribution in [1.82, 2.24) is 14.1 Å². The summed E-state index contributed by atoms with van der Waals surface area (Å²) >= 11 is 2.62. The first-order valence-corrected chi connectivity index (χ1v) is 12.8. The van der Waals surface area contributed by atoms with Gasteiger partial charge in [-0.25, -0.2) is 8.42 Å². The van der Waals surface area contributed by atoms with Crippen LogP contribution in [0.3, 0.4) is 0 Å². The molecule has 10 heteroatoms. The maximum Gasteiger partial charge on any atom is 0.264 e. The van der Waals surface area contributed by atoms with Crippen molar-refractivity contribution in [1.29, 1.82) is 0 Å². The maximum absolute atomic E-state index is 13.0. The van der Waals surface area contributed by atoms with Crippen LogP contribution in [0.4, 0.5) is 0 Å². The molecule has 4 heterocycles.